The van der Waals surface area contributed by atoms with E-state index in [-0.39, 0.29) is 0 Å². The first-order valence-electron chi connectivity index (χ1n) is 5.98. The summed E-state index contributed by atoms with van der Waals surface area (Å²) in [7, 11) is 1.63. The third-order valence-corrected chi connectivity index (χ3v) is 3.44. The highest BCUT2D eigenvalue weighted by atomic mass is 35.5. The van der Waals surface area contributed by atoms with Crippen LogP contribution in [0.15, 0.2) is 30.5 Å². The molecule has 100 valence electrons. The van der Waals surface area contributed by atoms with Gasteiger partial charge in [-0.15, -0.1) is 0 Å². The number of aliphatic hydroxyl groups is 1. The molecule has 0 aliphatic carbocycles. The molecule has 1 unspecified atom stereocenters. The van der Waals surface area contributed by atoms with E-state index in [1.807, 2.05) is 26.0 Å². The second-order valence-corrected chi connectivity index (χ2v) is 4.86. The van der Waals surface area contributed by atoms with Crippen LogP contribution in [-0.4, -0.2) is 17.2 Å². The summed E-state index contributed by atoms with van der Waals surface area (Å²) in [5.41, 5.74) is 3.17. The van der Waals surface area contributed by atoms with Gasteiger partial charge in [0.25, 0.3) is 0 Å². The van der Waals surface area contributed by atoms with Gasteiger partial charge >= 0.3 is 0 Å². The van der Waals surface area contributed by atoms with Gasteiger partial charge in [0.15, 0.2) is 0 Å². The first-order chi connectivity index (χ1) is 9.04. The molecule has 3 nitrogen and oxygen atoms in total. The smallest absolute Gasteiger partial charge is 0.123 e. The number of benzene rings is 1. The number of pyridine rings is 1. The molecule has 0 fully saturated rings. The van der Waals surface area contributed by atoms with Crippen LogP contribution < -0.4 is 4.74 Å². The minimum atomic E-state index is -0.835. The number of hydrogen-bond acceptors (Lipinski definition) is 3. The number of aromatic nitrogens is 1. The SMILES string of the molecule is COc1cc(C)c(C(O)c2ncccc2Cl)cc1C. The Kier molecular flexibility index (Phi) is 4.08. The van der Waals surface area contributed by atoms with Gasteiger partial charge in [-0.2, -0.15) is 0 Å². The lowest BCUT2D eigenvalue weighted by molar-refractivity contribution is 0.214. The van der Waals surface area contributed by atoms with Crippen molar-refractivity contribution in [3.05, 3.63) is 57.9 Å². The number of aryl methyl sites for hydroxylation is 2. The minimum absolute atomic E-state index is 0.461. The van der Waals surface area contributed by atoms with Gasteiger partial charge in [0.2, 0.25) is 0 Å². The van der Waals surface area contributed by atoms with Gasteiger partial charge in [-0.05, 0) is 54.8 Å². The van der Waals surface area contributed by atoms with Crippen LogP contribution in [0, 0.1) is 13.8 Å². The third kappa shape index (κ3) is 2.72. The predicted octanol–water partition coefficient (Wildman–Crippen LogP) is 3.44. The Balaban J connectivity index is 2.48. The van der Waals surface area contributed by atoms with Crippen molar-refractivity contribution in [3.63, 3.8) is 0 Å². The van der Waals surface area contributed by atoms with Crippen molar-refractivity contribution in [1.29, 1.82) is 0 Å². The van der Waals surface area contributed by atoms with E-state index in [2.05, 4.69) is 4.98 Å². The fraction of sp³-hybridized carbons (Fsp3) is 0.267. The summed E-state index contributed by atoms with van der Waals surface area (Å²) in [5, 5.41) is 10.9. The fourth-order valence-electron chi connectivity index (χ4n) is 2.07. The maximum absolute atomic E-state index is 10.5. The summed E-state index contributed by atoms with van der Waals surface area (Å²) >= 11 is 6.07. The Morgan fingerprint density at radius 3 is 2.63 bits per heavy atom. The fourth-order valence-corrected chi connectivity index (χ4v) is 2.30. The van der Waals surface area contributed by atoms with E-state index in [4.69, 9.17) is 16.3 Å². The van der Waals surface area contributed by atoms with E-state index in [9.17, 15) is 5.11 Å². The van der Waals surface area contributed by atoms with Crippen LogP contribution in [0.2, 0.25) is 5.02 Å². The monoisotopic (exact) mass is 277 g/mol. The van der Waals surface area contributed by atoms with Crippen LogP contribution in [0.1, 0.15) is 28.5 Å². The zero-order valence-electron chi connectivity index (χ0n) is 11.1. The van der Waals surface area contributed by atoms with Crippen LogP contribution in [0.3, 0.4) is 0 Å². The molecule has 0 radical (unpaired) electrons. The summed E-state index contributed by atoms with van der Waals surface area (Å²) in [4.78, 5) is 4.15. The molecule has 0 amide bonds. The lowest BCUT2D eigenvalue weighted by atomic mass is 9.98. The number of aliphatic hydroxyl groups excluding tert-OH is 1. The van der Waals surface area contributed by atoms with Gasteiger partial charge in [-0.3, -0.25) is 4.98 Å². The highest BCUT2D eigenvalue weighted by Crippen LogP contribution is 2.31. The topological polar surface area (TPSA) is 42.4 Å². The number of rotatable bonds is 3. The Bertz CT molecular complexity index is 599. The highest BCUT2D eigenvalue weighted by Gasteiger charge is 2.18. The van der Waals surface area contributed by atoms with Gasteiger partial charge in [-0.1, -0.05) is 11.6 Å². The molecule has 1 aromatic carbocycles. The lowest BCUT2D eigenvalue weighted by Gasteiger charge is -2.17. The van der Waals surface area contributed by atoms with Crippen molar-refractivity contribution >= 4 is 11.6 Å². The molecule has 1 heterocycles. The number of methoxy groups -OCH3 is 1. The molecule has 0 saturated heterocycles. The second kappa shape index (κ2) is 5.59. The summed E-state index contributed by atoms with van der Waals surface area (Å²) in [6.07, 6.45) is 0.786. The first kappa shape index (κ1) is 13.8. The molecule has 0 aliphatic heterocycles. The average Bonchev–Trinajstić information content (AvgIpc) is 2.40. The van der Waals surface area contributed by atoms with Gasteiger partial charge in [0.05, 0.1) is 17.8 Å². The maximum atomic E-state index is 10.5. The van der Waals surface area contributed by atoms with E-state index in [0.717, 1.165) is 22.4 Å². The Morgan fingerprint density at radius 2 is 2.00 bits per heavy atom. The molecule has 19 heavy (non-hydrogen) atoms. The summed E-state index contributed by atoms with van der Waals surface area (Å²) < 4.78 is 5.27. The van der Waals surface area contributed by atoms with Crippen molar-refractivity contribution in [2.75, 3.05) is 7.11 Å². The van der Waals surface area contributed by atoms with Crippen molar-refractivity contribution < 1.29 is 9.84 Å². The van der Waals surface area contributed by atoms with Crippen molar-refractivity contribution in [1.82, 2.24) is 4.98 Å². The average molecular weight is 278 g/mol. The van der Waals surface area contributed by atoms with Crippen LogP contribution in [0.5, 0.6) is 5.75 Å². The number of nitrogens with zero attached hydrogens (tertiary/aromatic N) is 1. The quantitative estimate of drug-likeness (QED) is 0.934. The van der Waals surface area contributed by atoms with Crippen LogP contribution in [0.25, 0.3) is 0 Å². The molecule has 1 atom stereocenters. The van der Waals surface area contributed by atoms with E-state index < -0.39 is 6.10 Å². The molecular formula is C15H16ClNO2. The van der Waals surface area contributed by atoms with Gasteiger partial charge < -0.3 is 9.84 Å². The Hall–Kier alpha value is -1.58. The van der Waals surface area contributed by atoms with E-state index in [0.29, 0.717) is 10.7 Å². The summed E-state index contributed by atoms with van der Waals surface area (Å²) in [6, 6.07) is 7.28. The third-order valence-electron chi connectivity index (χ3n) is 3.12. The molecular weight excluding hydrogens is 262 g/mol. The Labute approximate surface area is 117 Å². The first-order valence-corrected chi connectivity index (χ1v) is 6.36. The number of hydrogen-bond donors (Lipinski definition) is 1. The molecule has 0 bridgehead atoms. The van der Waals surface area contributed by atoms with Crippen molar-refractivity contribution in [2.45, 2.75) is 20.0 Å². The molecule has 1 N–H and O–H groups in total. The summed E-state index contributed by atoms with van der Waals surface area (Å²) in [5.74, 6) is 0.806. The summed E-state index contributed by atoms with van der Waals surface area (Å²) in [6.45, 7) is 3.87. The van der Waals surface area contributed by atoms with Crippen LogP contribution >= 0.6 is 11.6 Å². The van der Waals surface area contributed by atoms with Crippen molar-refractivity contribution in [3.8, 4) is 5.75 Å². The normalized spacial score (nSPS) is 12.3. The van der Waals surface area contributed by atoms with Gasteiger partial charge in [-0.25, -0.2) is 0 Å². The van der Waals surface area contributed by atoms with E-state index in [1.54, 1.807) is 25.4 Å². The van der Waals surface area contributed by atoms with E-state index >= 15 is 0 Å². The van der Waals surface area contributed by atoms with E-state index in [1.165, 1.54) is 0 Å². The molecule has 1 aromatic heterocycles. The molecule has 0 saturated carbocycles. The lowest BCUT2D eigenvalue weighted by Crippen LogP contribution is -2.06. The Morgan fingerprint density at radius 1 is 1.26 bits per heavy atom. The second-order valence-electron chi connectivity index (χ2n) is 4.45. The maximum Gasteiger partial charge on any atom is 0.123 e. The van der Waals surface area contributed by atoms with Gasteiger partial charge in [0, 0.05) is 6.20 Å². The molecule has 0 spiro atoms. The zero-order valence-corrected chi connectivity index (χ0v) is 11.9. The minimum Gasteiger partial charge on any atom is -0.496 e. The highest BCUT2D eigenvalue weighted by molar-refractivity contribution is 6.31. The largest absolute Gasteiger partial charge is 0.496 e. The molecule has 0 aliphatic rings. The zero-order chi connectivity index (χ0) is 14.0. The number of ether oxygens (including phenoxy) is 1. The van der Waals surface area contributed by atoms with Crippen molar-refractivity contribution in [2.24, 2.45) is 0 Å². The number of halogens is 1. The molecule has 2 rings (SSSR count). The standard InChI is InChI=1S/C15H16ClNO2/c1-9-8-13(19-3)10(2)7-11(9)15(18)14-12(16)5-4-6-17-14/h4-8,15,18H,1-3H3. The van der Waals surface area contributed by atoms with Gasteiger partial charge in [0.1, 0.15) is 11.9 Å². The molecule has 4 heteroatoms. The predicted molar refractivity (Wildman–Crippen MR) is 75.8 cm³/mol. The van der Waals surface area contributed by atoms with Crippen LogP contribution in [0.4, 0.5) is 0 Å². The molecule has 2 aromatic rings. The van der Waals surface area contributed by atoms with Crippen LogP contribution in [-0.2, 0) is 0 Å².